The standard InChI is InChI=1S/C21H20ClIN6OS/c1-2-10-29-19(13-24-18-8-6-17(23)7-9-18)26-28-21(29)31-14-20(30)27-25-12-15-4-3-5-16(22)11-15/h2-9,11-12,24H,1,10,13-14H2,(H,27,30)/b25-12+. The van der Waals surface area contributed by atoms with Crippen LogP contribution < -0.4 is 10.7 Å². The summed E-state index contributed by atoms with van der Waals surface area (Å²) in [7, 11) is 0. The Morgan fingerprint density at radius 1 is 1.26 bits per heavy atom. The smallest absolute Gasteiger partial charge is 0.250 e. The van der Waals surface area contributed by atoms with E-state index in [1.54, 1.807) is 24.4 Å². The van der Waals surface area contributed by atoms with Crippen LogP contribution in [0.1, 0.15) is 11.4 Å². The molecule has 160 valence electrons. The molecule has 3 rings (SSSR count). The molecule has 0 bridgehead atoms. The molecule has 0 atom stereocenters. The number of benzene rings is 2. The summed E-state index contributed by atoms with van der Waals surface area (Å²) in [5, 5.41) is 17.0. The van der Waals surface area contributed by atoms with Gasteiger partial charge in [0.25, 0.3) is 5.91 Å². The number of anilines is 1. The average Bonchev–Trinajstić information content (AvgIpc) is 3.14. The lowest BCUT2D eigenvalue weighted by Crippen LogP contribution is -2.20. The summed E-state index contributed by atoms with van der Waals surface area (Å²) in [6.07, 6.45) is 3.32. The number of carbonyl (C=O) groups excluding carboxylic acids is 1. The molecule has 0 fully saturated rings. The average molecular weight is 567 g/mol. The van der Waals surface area contributed by atoms with Gasteiger partial charge in [0.15, 0.2) is 11.0 Å². The number of nitrogens with one attached hydrogen (secondary N) is 2. The van der Waals surface area contributed by atoms with E-state index in [0.717, 1.165) is 17.1 Å². The maximum Gasteiger partial charge on any atom is 0.250 e. The van der Waals surface area contributed by atoms with Crippen molar-refractivity contribution >= 4 is 63.8 Å². The van der Waals surface area contributed by atoms with Crippen molar-refractivity contribution in [2.75, 3.05) is 11.1 Å². The number of rotatable bonds is 10. The number of hydrazone groups is 1. The fraction of sp³-hybridized carbons (Fsp3) is 0.143. The third kappa shape index (κ3) is 7.37. The van der Waals surface area contributed by atoms with Crippen LogP contribution in [0.5, 0.6) is 0 Å². The van der Waals surface area contributed by atoms with Crippen LogP contribution in [0.25, 0.3) is 0 Å². The van der Waals surface area contributed by atoms with Crippen LogP contribution in [0, 0.1) is 3.57 Å². The van der Waals surface area contributed by atoms with Crippen LogP contribution in [-0.2, 0) is 17.9 Å². The highest BCUT2D eigenvalue weighted by Crippen LogP contribution is 2.18. The van der Waals surface area contributed by atoms with Crippen LogP contribution in [0.2, 0.25) is 5.02 Å². The second-order valence-corrected chi connectivity index (χ2v) is 8.92. The first-order chi connectivity index (χ1) is 15.0. The maximum atomic E-state index is 12.1. The molecule has 0 aliphatic carbocycles. The quantitative estimate of drug-likeness (QED) is 0.123. The minimum absolute atomic E-state index is 0.159. The van der Waals surface area contributed by atoms with Gasteiger partial charge in [-0.1, -0.05) is 41.6 Å². The van der Waals surface area contributed by atoms with Gasteiger partial charge < -0.3 is 9.88 Å². The predicted octanol–water partition coefficient (Wildman–Crippen LogP) is 4.58. The number of allylic oxidation sites excluding steroid dienone is 1. The van der Waals surface area contributed by atoms with E-state index in [0.29, 0.717) is 23.3 Å². The van der Waals surface area contributed by atoms with E-state index >= 15 is 0 Å². The summed E-state index contributed by atoms with van der Waals surface area (Å²) in [6.45, 7) is 4.86. The van der Waals surface area contributed by atoms with Crippen LogP contribution in [0.4, 0.5) is 5.69 Å². The molecule has 0 saturated heterocycles. The number of thioether (sulfide) groups is 1. The van der Waals surface area contributed by atoms with Gasteiger partial charge in [-0.25, -0.2) is 5.43 Å². The SMILES string of the molecule is C=CCn1c(CNc2ccc(I)cc2)nnc1SCC(=O)N/N=C/c1cccc(Cl)c1. The van der Waals surface area contributed by atoms with E-state index < -0.39 is 0 Å². The molecule has 3 aromatic rings. The van der Waals surface area contributed by atoms with E-state index in [2.05, 4.69) is 55.2 Å². The van der Waals surface area contributed by atoms with Crippen molar-refractivity contribution in [3.8, 4) is 0 Å². The Kier molecular flexibility index (Phi) is 8.92. The molecule has 10 heteroatoms. The Balaban J connectivity index is 1.54. The van der Waals surface area contributed by atoms with Crippen LogP contribution in [-0.4, -0.2) is 32.6 Å². The summed E-state index contributed by atoms with van der Waals surface area (Å²) in [5.74, 6) is 0.683. The largest absolute Gasteiger partial charge is 0.378 e. The summed E-state index contributed by atoms with van der Waals surface area (Å²) in [4.78, 5) is 12.1. The first-order valence-corrected chi connectivity index (χ1v) is 11.7. The van der Waals surface area contributed by atoms with Crippen molar-refractivity contribution in [2.45, 2.75) is 18.2 Å². The number of hydrogen-bond acceptors (Lipinski definition) is 6. The molecular formula is C21H20ClIN6OS. The van der Waals surface area contributed by atoms with E-state index in [9.17, 15) is 4.79 Å². The van der Waals surface area contributed by atoms with Crippen molar-refractivity contribution in [3.05, 3.63) is 81.2 Å². The van der Waals surface area contributed by atoms with Crippen molar-refractivity contribution in [3.63, 3.8) is 0 Å². The fourth-order valence-corrected chi connectivity index (χ4v) is 3.86. The van der Waals surface area contributed by atoms with E-state index in [-0.39, 0.29) is 11.7 Å². The number of carbonyl (C=O) groups is 1. The maximum absolute atomic E-state index is 12.1. The van der Waals surface area contributed by atoms with Gasteiger partial charge in [-0.3, -0.25) is 4.79 Å². The normalized spacial score (nSPS) is 10.9. The van der Waals surface area contributed by atoms with Gasteiger partial charge in [-0.2, -0.15) is 5.10 Å². The van der Waals surface area contributed by atoms with Crippen LogP contribution >= 0.6 is 46.0 Å². The molecule has 0 radical (unpaired) electrons. The first-order valence-electron chi connectivity index (χ1n) is 9.28. The lowest BCUT2D eigenvalue weighted by molar-refractivity contribution is -0.118. The Morgan fingerprint density at radius 2 is 2.06 bits per heavy atom. The van der Waals surface area contributed by atoms with Gasteiger partial charge >= 0.3 is 0 Å². The van der Waals surface area contributed by atoms with Crippen LogP contribution in [0.15, 0.2) is 71.4 Å². The Bertz CT molecular complexity index is 1070. The first kappa shape index (κ1) is 23.3. The number of nitrogens with zero attached hydrogens (tertiary/aromatic N) is 4. The number of halogens is 2. The summed E-state index contributed by atoms with van der Waals surface area (Å²) in [6, 6.07) is 15.3. The Morgan fingerprint density at radius 3 is 2.81 bits per heavy atom. The highest BCUT2D eigenvalue weighted by Gasteiger charge is 2.13. The van der Waals surface area contributed by atoms with E-state index in [1.807, 2.05) is 41.0 Å². The molecule has 1 heterocycles. The topological polar surface area (TPSA) is 84.2 Å². The Hall–Kier alpha value is -2.37. The van der Waals surface area contributed by atoms with Crippen molar-refractivity contribution in [1.29, 1.82) is 0 Å². The molecule has 2 aromatic carbocycles. The number of hydrogen-bond donors (Lipinski definition) is 2. The third-order valence-corrected chi connectivity index (χ3v) is 5.90. The summed E-state index contributed by atoms with van der Waals surface area (Å²) < 4.78 is 3.10. The number of aromatic nitrogens is 3. The van der Waals surface area contributed by atoms with Gasteiger partial charge in [0.2, 0.25) is 0 Å². The molecule has 0 aliphatic rings. The molecule has 1 amide bonds. The Labute approximate surface area is 203 Å². The van der Waals surface area contributed by atoms with Crippen molar-refractivity contribution < 1.29 is 4.79 Å². The summed E-state index contributed by atoms with van der Waals surface area (Å²) in [5.41, 5.74) is 4.31. The van der Waals surface area contributed by atoms with Crippen LogP contribution in [0.3, 0.4) is 0 Å². The van der Waals surface area contributed by atoms with Gasteiger partial charge in [0, 0.05) is 20.8 Å². The summed E-state index contributed by atoms with van der Waals surface area (Å²) >= 11 is 9.49. The van der Waals surface area contributed by atoms with Crippen molar-refractivity contribution in [2.24, 2.45) is 5.10 Å². The molecule has 1 aromatic heterocycles. The van der Waals surface area contributed by atoms with Gasteiger partial charge in [-0.15, -0.1) is 16.8 Å². The van der Waals surface area contributed by atoms with Gasteiger partial charge in [-0.05, 0) is 64.6 Å². The number of amides is 1. The highest BCUT2D eigenvalue weighted by atomic mass is 127. The minimum Gasteiger partial charge on any atom is -0.378 e. The molecule has 2 N–H and O–H groups in total. The molecular weight excluding hydrogens is 547 g/mol. The second-order valence-electron chi connectivity index (χ2n) is 6.30. The molecule has 7 nitrogen and oxygen atoms in total. The fourth-order valence-electron chi connectivity index (χ4n) is 2.55. The lowest BCUT2D eigenvalue weighted by atomic mass is 10.2. The highest BCUT2D eigenvalue weighted by molar-refractivity contribution is 14.1. The zero-order valence-corrected chi connectivity index (χ0v) is 20.2. The van der Waals surface area contributed by atoms with E-state index in [1.165, 1.54) is 15.3 Å². The molecule has 0 spiro atoms. The zero-order valence-electron chi connectivity index (χ0n) is 16.5. The molecule has 0 unspecified atom stereocenters. The van der Waals surface area contributed by atoms with Gasteiger partial charge in [0.05, 0.1) is 18.5 Å². The third-order valence-electron chi connectivity index (χ3n) is 3.98. The lowest BCUT2D eigenvalue weighted by Gasteiger charge is -2.09. The van der Waals surface area contributed by atoms with Gasteiger partial charge in [0.1, 0.15) is 0 Å². The zero-order chi connectivity index (χ0) is 22.1. The molecule has 0 aliphatic heterocycles. The second kappa shape index (κ2) is 11.9. The predicted molar refractivity (Wildman–Crippen MR) is 135 cm³/mol. The monoisotopic (exact) mass is 566 g/mol. The molecule has 0 saturated carbocycles. The van der Waals surface area contributed by atoms with Crippen molar-refractivity contribution in [1.82, 2.24) is 20.2 Å². The minimum atomic E-state index is -0.241. The molecule has 31 heavy (non-hydrogen) atoms. The van der Waals surface area contributed by atoms with E-state index in [4.69, 9.17) is 11.6 Å².